The molecule has 0 aromatic carbocycles. The van der Waals surface area contributed by atoms with E-state index in [4.69, 9.17) is 5.26 Å². The Labute approximate surface area is 125 Å². The van der Waals surface area contributed by atoms with Crippen LogP contribution in [-0.2, 0) is 0 Å². The molecule has 1 saturated heterocycles. The maximum Gasteiger partial charge on any atom is 0.268 e. The van der Waals surface area contributed by atoms with Crippen LogP contribution >= 0.6 is 0 Å². The molecule has 3 rings (SSSR count). The zero-order chi connectivity index (χ0) is 14.7. The molecule has 2 unspecified atom stereocenters. The first kappa shape index (κ1) is 14.2. The van der Waals surface area contributed by atoms with E-state index in [2.05, 4.69) is 21.3 Å². The average Bonchev–Trinajstić information content (AvgIpc) is 3.16. The van der Waals surface area contributed by atoms with Crippen LogP contribution in [0.5, 0.6) is 0 Å². The predicted molar refractivity (Wildman–Crippen MR) is 79.8 cm³/mol. The van der Waals surface area contributed by atoms with E-state index in [1.54, 1.807) is 0 Å². The lowest BCUT2D eigenvalue weighted by Gasteiger charge is -2.26. The Morgan fingerprint density at radius 2 is 2.14 bits per heavy atom. The number of carbonyl (C=O) groups excluding carboxylic acids is 1. The lowest BCUT2D eigenvalue weighted by molar-refractivity contribution is 0.0920. The highest BCUT2D eigenvalue weighted by molar-refractivity contribution is 5.93. The van der Waals surface area contributed by atoms with Crippen molar-refractivity contribution in [2.24, 2.45) is 5.92 Å². The second-order valence-electron chi connectivity index (χ2n) is 6.03. The number of rotatable bonds is 3. The molecular formula is C16H22N4O. The number of nitriles is 1. The van der Waals surface area contributed by atoms with Gasteiger partial charge in [-0.2, -0.15) is 5.26 Å². The van der Waals surface area contributed by atoms with Crippen molar-refractivity contribution in [3.05, 3.63) is 24.0 Å². The van der Waals surface area contributed by atoms with Gasteiger partial charge in [-0.05, 0) is 57.3 Å². The maximum atomic E-state index is 12.5. The molecule has 1 saturated carbocycles. The summed E-state index contributed by atoms with van der Waals surface area (Å²) in [5.41, 5.74) is 0.727. The molecule has 2 N–H and O–H groups in total. The first-order valence-corrected chi connectivity index (χ1v) is 7.87. The Balaban J connectivity index is 1.70. The minimum absolute atomic E-state index is 0.0128. The molecule has 1 aromatic heterocycles. The highest BCUT2D eigenvalue weighted by Gasteiger charge is 2.29. The van der Waals surface area contributed by atoms with Crippen molar-refractivity contribution in [1.82, 2.24) is 15.2 Å². The second kappa shape index (κ2) is 6.31. The van der Waals surface area contributed by atoms with Crippen LogP contribution in [0.4, 0.5) is 0 Å². The van der Waals surface area contributed by atoms with E-state index < -0.39 is 0 Å². The summed E-state index contributed by atoms with van der Waals surface area (Å²) >= 11 is 0. The van der Waals surface area contributed by atoms with Crippen molar-refractivity contribution in [2.45, 2.75) is 44.2 Å². The molecule has 0 bridgehead atoms. The van der Waals surface area contributed by atoms with E-state index >= 15 is 0 Å². The summed E-state index contributed by atoms with van der Waals surface area (Å²) in [7, 11) is 0. The number of nitrogens with zero attached hydrogens (tertiary/aromatic N) is 2. The van der Waals surface area contributed by atoms with Crippen LogP contribution in [0, 0.1) is 17.2 Å². The third-order valence-corrected chi connectivity index (χ3v) is 4.71. The lowest BCUT2D eigenvalue weighted by atomic mass is 10.1. The predicted octanol–water partition coefficient (Wildman–Crippen LogP) is 1.83. The Morgan fingerprint density at radius 3 is 2.90 bits per heavy atom. The quantitative estimate of drug-likeness (QED) is 0.890. The molecule has 1 aliphatic heterocycles. The van der Waals surface area contributed by atoms with Crippen molar-refractivity contribution < 1.29 is 4.79 Å². The maximum absolute atomic E-state index is 12.5. The van der Waals surface area contributed by atoms with E-state index in [1.807, 2.05) is 18.3 Å². The Morgan fingerprint density at radius 1 is 1.33 bits per heavy atom. The minimum atomic E-state index is -0.0364. The van der Waals surface area contributed by atoms with Crippen LogP contribution in [0.1, 0.15) is 48.6 Å². The van der Waals surface area contributed by atoms with Gasteiger partial charge in [-0.3, -0.25) is 4.79 Å². The molecule has 112 valence electrons. The van der Waals surface area contributed by atoms with Gasteiger partial charge < -0.3 is 15.2 Å². The third kappa shape index (κ3) is 2.96. The molecular weight excluding hydrogens is 264 g/mol. The van der Waals surface area contributed by atoms with Crippen molar-refractivity contribution in [2.75, 3.05) is 13.1 Å². The molecule has 2 heterocycles. The number of amides is 1. The number of aromatic nitrogens is 1. The summed E-state index contributed by atoms with van der Waals surface area (Å²) in [6, 6.07) is 6.55. The van der Waals surface area contributed by atoms with Crippen molar-refractivity contribution >= 4 is 5.91 Å². The van der Waals surface area contributed by atoms with E-state index in [0.717, 1.165) is 50.9 Å². The SMILES string of the molecule is N#CC1CCCC1NC(=O)c1cccn1C1CCNCC1. The molecule has 1 amide bonds. The van der Waals surface area contributed by atoms with Crippen LogP contribution in [-0.4, -0.2) is 29.6 Å². The monoisotopic (exact) mass is 286 g/mol. The molecule has 1 aromatic rings. The Hall–Kier alpha value is -1.80. The summed E-state index contributed by atoms with van der Waals surface area (Å²) in [6.07, 6.45) is 6.95. The lowest BCUT2D eigenvalue weighted by Crippen LogP contribution is -2.38. The Kier molecular flexibility index (Phi) is 4.26. The van der Waals surface area contributed by atoms with Gasteiger partial charge in [0.05, 0.1) is 12.0 Å². The minimum Gasteiger partial charge on any atom is -0.347 e. The normalized spacial score (nSPS) is 26.4. The fourth-order valence-electron chi connectivity index (χ4n) is 3.52. The highest BCUT2D eigenvalue weighted by Crippen LogP contribution is 2.26. The fraction of sp³-hybridized carbons (Fsp3) is 0.625. The number of hydrogen-bond donors (Lipinski definition) is 2. The van der Waals surface area contributed by atoms with Gasteiger partial charge in [-0.25, -0.2) is 0 Å². The summed E-state index contributed by atoms with van der Waals surface area (Å²) in [5.74, 6) is -0.0677. The third-order valence-electron chi connectivity index (χ3n) is 4.71. The van der Waals surface area contributed by atoms with E-state index in [9.17, 15) is 4.79 Å². The summed E-state index contributed by atoms with van der Waals surface area (Å²) in [6.45, 7) is 2.01. The molecule has 1 aliphatic carbocycles. The molecule has 5 heteroatoms. The molecule has 2 atom stereocenters. The first-order valence-electron chi connectivity index (χ1n) is 7.87. The average molecular weight is 286 g/mol. The zero-order valence-electron chi connectivity index (χ0n) is 12.2. The van der Waals surface area contributed by atoms with Crippen LogP contribution in [0.3, 0.4) is 0 Å². The van der Waals surface area contributed by atoms with Crippen molar-refractivity contribution in [3.63, 3.8) is 0 Å². The van der Waals surface area contributed by atoms with Gasteiger partial charge in [-0.1, -0.05) is 0 Å². The van der Waals surface area contributed by atoms with Crippen molar-refractivity contribution in [3.8, 4) is 6.07 Å². The highest BCUT2D eigenvalue weighted by atomic mass is 16.2. The molecule has 2 fully saturated rings. The van der Waals surface area contributed by atoms with Crippen molar-refractivity contribution in [1.29, 1.82) is 5.26 Å². The van der Waals surface area contributed by atoms with E-state index in [-0.39, 0.29) is 17.9 Å². The van der Waals surface area contributed by atoms with Crippen LogP contribution in [0.25, 0.3) is 0 Å². The fourth-order valence-corrected chi connectivity index (χ4v) is 3.52. The van der Waals surface area contributed by atoms with E-state index in [1.165, 1.54) is 0 Å². The van der Waals surface area contributed by atoms with Gasteiger partial charge in [0.1, 0.15) is 5.69 Å². The molecule has 0 radical (unpaired) electrons. The molecule has 2 aliphatic rings. The molecule has 5 nitrogen and oxygen atoms in total. The standard InChI is InChI=1S/C16H22N4O/c17-11-12-3-1-4-14(12)19-16(21)15-5-2-10-20(15)13-6-8-18-9-7-13/h2,5,10,12-14,18H,1,3-4,6-9H2,(H,19,21). The first-order chi connectivity index (χ1) is 10.3. The summed E-state index contributed by atoms with van der Waals surface area (Å²) in [5, 5.41) is 15.5. The number of hydrogen-bond acceptors (Lipinski definition) is 3. The number of carbonyl (C=O) groups is 1. The summed E-state index contributed by atoms with van der Waals surface area (Å²) in [4.78, 5) is 12.5. The smallest absolute Gasteiger partial charge is 0.268 e. The zero-order valence-corrected chi connectivity index (χ0v) is 12.2. The van der Waals surface area contributed by atoms with Gasteiger partial charge in [-0.15, -0.1) is 0 Å². The topological polar surface area (TPSA) is 69.8 Å². The van der Waals surface area contributed by atoms with Gasteiger partial charge in [0.15, 0.2) is 0 Å². The van der Waals surface area contributed by atoms with E-state index in [0.29, 0.717) is 6.04 Å². The molecule has 0 spiro atoms. The van der Waals surface area contributed by atoms with Crippen LogP contribution in [0.2, 0.25) is 0 Å². The van der Waals surface area contributed by atoms with Crippen LogP contribution < -0.4 is 10.6 Å². The van der Waals surface area contributed by atoms with Gasteiger partial charge >= 0.3 is 0 Å². The largest absolute Gasteiger partial charge is 0.347 e. The Bertz CT molecular complexity index is 539. The molecule has 21 heavy (non-hydrogen) atoms. The number of nitrogens with one attached hydrogen (secondary N) is 2. The van der Waals surface area contributed by atoms with Gasteiger partial charge in [0.25, 0.3) is 5.91 Å². The van der Waals surface area contributed by atoms with Gasteiger partial charge in [0, 0.05) is 18.3 Å². The van der Waals surface area contributed by atoms with Crippen LogP contribution in [0.15, 0.2) is 18.3 Å². The summed E-state index contributed by atoms with van der Waals surface area (Å²) < 4.78 is 2.10. The second-order valence-corrected chi connectivity index (χ2v) is 6.03. The van der Waals surface area contributed by atoms with Gasteiger partial charge in [0.2, 0.25) is 0 Å². The number of piperidine rings is 1.